The second-order valence-corrected chi connectivity index (χ2v) is 5.48. The van der Waals surface area contributed by atoms with Gasteiger partial charge in [0, 0.05) is 10.4 Å². The molecule has 0 saturated heterocycles. The van der Waals surface area contributed by atoms with Gasteiger partial charge in [0.25, 0.3) is 0 Å². The topological polar surface area (TPSA) is 101 Å². The Labute approximate surface area is 116 Å². The van der Waals surface area contributed by atoms with Gasteiger partial charge in [0.15, 0.2) is 0 Å². The van der Waals surface area contributed by atoms with Crippen LogP contribution < -0.4 is 5.73 Å². The Balaban J connectivity index is 3.20. The van der Waals surface area contributed by atoms with Gasteiger partial charge in [-0.15, -0.1) is 0 Å². The first-order valence-corrected chi connectivity index (χ1v) is 6.00. The summed E-state index contributed by atoms with van der Waals surface area (Å²) in [7, 11) is 0. The standard InChI is InChI=1S/C13H16ClNO4/c1-12(2,13(15,10(16)17)11(18)19)7-8-5-3-4-6-9(8)14/h3-6H,7,15H2,1-2H3,(H,16,17)(H,18,19). The van der Waals surface area contributed by atoms with Gasteiger partial charge >= 0.3 is 11.9 Å². The molecule has 6 heteroatoms. The maximum atomic E-state index is 11.2. The second-order valence-electron chi connectivity index (χ2n) is 5.07. The predicted molar refractivity (Wildman–Crippen MR) is 71.1 cm³/mol. The van der Waals surface area contributed by atoms with E-state index >= 15 is 0 Å². The van der Waals surface area contributed by atoms with E-state index < -0.39 is 22.9 Å². The van der Waals surface area contributed by atoms with Gasteiger partial charge in [-0.05, 0) is 18.1 Å². The van der Waals surface area contributed by atoms with Crippen molar-refractivity contribution in [3.05, 3.63) is 34.9 Å². The van der Waals surface area contributed by atoms with E-state index in [9.17, 15) is 9.59 Å². The second kappa shape index (κ2) is 5.19. The molecule has 0 aromatic heterocycles. The van der Waals surface area contributed by atoms with Gasteiger partial charge in [-0.3, -0.25) is 0 Å². The third-order valence-corrected chi connectivity index (χ3v) is 3.70. The number of carboxylic acids is 2. The minimum atomic E-state index is -2.38. The molecule has 0 radical (unpaired) electrons. The first kappa shape index (κ1) is 15.5. The highest BCUT2D eigenvalue weighted by Gasteiger charge is 2.55. The summed E-state index contributed by atoms with van der Waals surface area (Å²) in [5.74, 6) is -3.14. The summed E-state index contributed by atoms with van der Waals surface area (Å²) in [5, 5.41) is 18.7. The fourth-order valence-corrected chi connectivity index (χ4v) is 2.13. The predicted octanol–water partition coefficient (Wildman–Crippen LogP) is 1.78. The molecule has 5 nitrogen and oxygen atoms in total. The molecule has 0 spiro atoms. The molecule has 0 unspecified atom stereocenters. The third-order valence-electron chi connectivity index (χ3n) is 3.33. The number of aliphatic carboxylic acids is 2. The number of nitrogens with two attached hydrogens (primary N) is 1. The summed E-state index contributed by atoms with van der Waals surface area (Å²) >= 11 is 6.00. The monoisotopic (exact) mass is 285 g/mol. The van der Waals surface area contributed by atoms with Crippen molar-refractivity contribution < 1.29 is 19.8 Å². The highest BCUT2D eigenvalue weighted by Crippen LogP contribution is 2.35. The Morgan fingerprint density at radius 3 is 2.11 bits per heavy atom. The zero-order valence-electron chi connectivity index (χ0n) is 10.7. The summed E-state index contributed by atoms with van der Waals surface area (Å²) in [5.41, 5.74) is 2.68. The summed E-state index contributed by atoms with van der Waals surface area (Å²) in [6.07, 6.45) is 0.141. The Morgan fingerprint density at radius 1 is 1.21 bits per heavy atom. The van der Waals surface area contributed by atoms with Gasteiger partial charge < -0.3 is 15.9 Å². The highest BCUT2D eigenvalue weighted by molar-refractivity contribution is 6.31. The molecule has 0 heterocycles. The molecule has 0 atom stereocenters. The van der Waals surface area contributed by atoms with Crippen molar-refractivity contribution >= 4 is 23.5 Å². The van der Waals surface area contributed by atoms with E-state index in [4.69, 9.17) is 27.5 Å². The molecule has 0 fully saturated rings. The largest absolute Gasteiger partial charge is 0.479 e. The Kier molecular flexibility index (Phi) is 4.22. The Hall–Kier alpha value is -1.59. The lowest BCUT2D eigenvalue weighted by Gasteiger charge is -2.37. The molecular weight excluding hydrogens is 270 g/mol. The van der Waals surface area contributed by atoms with Crippen molar-refractivity contribution in [1.29, 1.82) is 0 Å². The quantitative estimate of drug-likeness (QED) is 0.716. The van der Waals surface area contributed by atoms with Gasteiger partial charge in [0.05, 0.1) is 0 Å². The SMILES string of the molecule is CC(C)(Cc1ccccc1Cl)C(N)(C(=O)O)C(=O)O. The number of carboxylic acid groups (broad SMARTS) is 2. The molecule has 1 rings (SSSR count). The lowest BCUT2D eigenvalue weighted by atomic mass is 9.69. The summed E-state index contributed by atoms with van der Waals surface area (Å²) in [6, 6.07) is 6.86. The first-order valence-electron chi connectivity index (χ1n) is 5.62. The smallest absolute Gasteiger partial charge is 0.335 e. The lowest BCUT2D eigenvalue weighted by Crippen LogP contribution is -2.65. The van der Waals surface area contributed by atoms with Crippen molar-refractivity contribution in [2.24, 2.45) is 11.1 Å². The molecule has 0 aliphatic rings. The Bertz CT molecular complexity index is 499. The summed E-state index contributed by atoms with van der Waals surface area (Å²) in [4.78, 5) is 22.5. The number of rotatable bonds is 5. The van der Waals surface area contributed by atoms with Gasteiger partial charge in [-0.2, -0.15) is 0 Å². The maximum Gasteiger partial charge on any atom is 0.335 e. The number of halogens is 1. The molecule has 0 saturated carbocycles. The minimum Gasteiger partial charge on any atom is -0.479 e. The molecule has 1 aromatic rings. The number of hydrogen-bond donors (Lipinski definition) is 3. The van der Waals surface area contributed by atoms with Crippen molar-refractivity contribution in [3.8, 4) is 0 Å². The van der Waals surface area contributed by atoms with Crippen LogP contribution in [0.15, 0.2) is 24.3 Å². The van der Waals surface area contributed by atoms with Crippen LogP contribution >= 0.6 is 11.6 Å². The van der Waals surface area contributed by atoms with Crippen molar-refractivity contribution in [2.75, 3.05) is 0 Å². The zero-order valence-corrected chi connectivity index (χ0v) is 11.4. The molecular formula is C13H16ClNO4. The van der Waals surface area contributed by atoms with E-state index in [0.29, 0.717) is 10.6 Å². The van der Waals surface area contributed by atoms with E-state index in [1.165, 1.54) is 13.8 Å². The third kappa shape index (κ3) is 2.72. The summed E-state index contributed by atoms with van der Waals surface area (Å²) < 4.78 is 0. The average molecular weight is 286 g/mol. The van der Waals surface area contributed by atoms with Crippen molar-refractivity contribution in [1.82, 2.24) is 0 Å². The van der Waals surface area contributed by atoms with Crippen LogP contribution in [0.5, 0.6) is 0 Å². The van der Waals surface area contributed by atoms with Crippen LogP contribution in [0, 0.1) is 5.41 Å². The van der Waals surface area contributed by atoms with Crippen LogP contribution in [0.3, 0.4) is 0 Å². The lowest BCUT2D eigenvalue weighted by molar-refractivity contribution is -0.163. The Morgan fingerprint density at radius 2 is 1.68 bits per heavy atom. The van der Waals surface area contributed by atoms with E-state index in [-0.39, 0.29) is 6.42 Å². The number of benzene rings is 1. The highest BCUT2D eigenvalue weighted by atomic mass is 35.5. The molecule has 104 valence electrons. The van der Waals surface area contributed by atoms with Crippen LogP contribution in [0.1, 0.15) is 19.4 Å². The van der Waals surface area contributed by atoms with E-state index in [1.54, 1.807) is 24.3 Å². The molecule has 0 aliphatic carbocycles. The summed E-state index contributed by atoms with van der Waals surface area (Å²) in [6.45, 7) is 3.00. The van der Waals surface area contributed by atoms with Gasteiger partial charge in [0.1, 0.15) is 0 Å². The van der Waals surface area contributed by atoms with Gasteiger partial charge in [-0.1, -0.05) is 43.6 Å². The molecule has 4 N–H and O–H groups in total. The van der Waals surface area contributed by atoms with E-state index in [2.05, 4.69) is 0 Å². The van der Waals surface area contributed by atoms with E-state index in [1.807, 2.05) is 0 Å². The maximum absolute atomic E-state index is 11.2. The average Bonchev–Trinajstić information content (AvgIpc) is 2.30. The minimum absolute atomic E-state index is 0.141. The fraction of sp³-hybridized carbons (Fsp3) is 0.385. The van der Waals surface area contributed by atoms with E-state index in [0.717, 1.165) is 0 Å². The molecule has 0 bridgehead atoms. The molecule has 1 aromatic carbocycles. The zero-order chi connectivity index (χ0) is 14.8. The number of carbonyl (C=O) groups is 2. The van der Waals surface area contributed by atoms with Crippen LogP contribution in [-0.2, 0) is 16.0 Å². The van der Waals surface area contributed by atoms with Crippen LogP contribution in [0.25, 0.3) is 0 Å². The van der Waals surface area contributed by atoms with Crippen molar-refractivity contribution in [2.45, 2.75) is 25.8 Å². The molecule has 19 heavy (non-hydrogen) atoms. The van der Waals surface area contributed by atoms with Gasteiger partial charge in [-0.25, -0.2) is 9.59 Å². The fourth-order valence-electron chi connectivity index (χ4n) is 1.93. The van der Waals surface area contributed by atoms with Gasteiger partial charge in [0.2, 0.25) is 5.54 Å². The normalized spacial score (nSPS) is 12.2. The molecule has 0 aliphatic heterocycles. The van der Waals surface area contributed by atoms with Crippen LogP contribution in [0.2, 0.25) is 5.02 Å². The first-order chi connectivity index (χ1) is 8.63. The van der Waals surface area contributed by atoms with Crippen molar-refractivity contribution in [3.63, 3.8) is 0 Å². The van der Waals surface area contributed by atoms with Crippen LogP contribution in [0.4, 0.5) is 0 Å². The number of hydrogen-bond acceptors (Lipinski definition) is 3. The molecule has 0 amide bonds. The van der Waals surface area contributed by atoms with Crippen LogP contribution in [-0.4, -0.2) is 27.7 Å².